The molecule has 0 atom stereocenters. The maximum absolute atomic E-state index is 12.6. The van der Waals surface area contributed by atoms with Crippen LogP contribution >= 0.6 is 35.0 Å². The molecule has 156 valence electrons. The van der Waals surface area contributed by atoms with Crippen molar-refractivity contribution in [1.29, 1.82) is 0 Å². The molecule has 1 heterocycles. The van der Waals surface area contributed by atoms with Crippen LogP contribution in [0.5, 0.6) is 11.5 Å². The van der Waals surface area contributed by atoms with E-state index >= 15 is 0 Å². The molecule has 1 fully saturated rings. The summed E-state index contributed by atoms with van der Waals surface area (Å²) in [6.45, 7) is -0.0218. The van der Waals surface area contributed by atoms with E-state index in [2.05, 4.69) is 0 Å². The molecule has 2 aromatic carbocycles. The van der Waals surface area contributed by atoms with Gasteiger partial charge in [-0.25, -0.2) is 0 Å². The van der Waals surface area contributed by atoms with Crippen LogP contribution in [0.2, 0.25) is 10.0 Å². The fourth-order valence-corrected chi connectivity index (χ4v) is 3.74. The van der Waals surface area contributed by atoms with Gasteiger partial charge in [-0.3, -0.25) is 19.3 Å². The summed E-state index contributed by atoms with van der Waals surface area (Å²) < 4.78 is 10.7. The van der Waals surface area contributed by atoms with Crippen LogP contribution in [0.25, 0.3) is 6.08 Å². The van der Waals surface area contributed by atoms with E-state index in [-0.39, 0.29) is 34.9 Å². The number of imide groups is 1. The van der Waals surface area contributed by atoms with Crippen LogP contribution in [0, 0.1) is 0 Å². The summed E-state index contributed by atoms with van der Waals surface area (Å²) in [5, 5.41) is 0.463. The van der Waals surface area contributed by atoms with E-state index in [1.807, 2.05) is 0 Å². The summed E-state index contributed by atoms with van der Waals surface area (Å²) in [5.41, 5.74) is 5.64. The largest absolute Gasteiger partial charge is 0.492 e. The SMILES string of the molecule is NC(=O)COc1ccc(/C=C2\SC(=O)N(CCOc3ccc(Cl)cc3)C2=O)cc1Cl. The van der Waals surface area contributed by atoms with Crippen molar-refractivity contribution in [3.05, 3.63) is 63.0 Å². The lowest BCUT2D eigenvalue weighted by molar-refractivity contribution is -0.123. The molecule has 0 bridgehead atoms. The van der Waals surface area contributed by atoms with E-state index in [0.717, 1.165) is 16.7 Å². The van der Waals surface area contributed by atoms with Gasteiger partial charge in [-0.1, -0.05) is 29.3 Å². The van der Waals surface area contributed by atoms with Crippen LogP contribution in [0.4, 0.5) is 4.79 Å². The second-order valence-electron chi connectivity index (χ2n) is 6.08. The van der Waals surface area contributed by atoms with Crippen LogP contribution in [-0.4, -0.2) is 41.7 Å². The van der Waals surface area contributed by atoms with Crippen molar-refractivity contribution in [3.8, 4) is 11.5 Å². The van der Waals surface area contributed by atoms with Gasteiger partial charge in [0.25, 0.3) is 17.1 Å². The van der Waals surface area contributed by atoms with E-state index in [4.69, 9.17) is 38.4 Å². The average molecular weight is 467 g/mol. The summed E-state index contributed by atoms with van der Waals surface area (Å²) in [7, 11) is 0. The fourth-order valence-electron chi connectivity index (χ4n) is 2.50. The predicted octanol–water partition coefficient (Wildman–Crippen LogP) is 3.97. The highest BCUT2D eigenvalue weighted by molar-refractivity contribution is 8.18. The molecule has 3 amide bonds. The number of hydrogen-bond acceptors (Lipinski definition) is 6. The molecule has 7 nitrogen and oxygen atoms in total. The Balaban J connectivity index is 1.62. The van der Waals surface area contributed by atoms with Crippen molar-refractivity contribution < 1.29 is 23.9 Å². The van der Waals surface area contributed by atoms with Crippen molar-refractivity contribution in [2.24, 2.45) is 5.73 Å². The van der Waals surface area contributed by atoms with Gasteiger partial charge in [0.15, 0.2) is 6.61 Å². The third-order valence-electron chi connectivity index (χ3n) is 3.89. The first-order chi connectivity index (χ1) is 14.3. The predicted molar refractivity (Wildman–Crippen MR) is 116 cm³/mol. The van der Waals surface area contributed by atoms with Crippen LogP contribution in [0.3, 0.4) is 0 Å². The summed E-state index contributed by atoms with van der Waals surface area (Å²) in [6, 6.07) is 11.6. The molecule has 0 saturated carbocycles. The van der Waals surface area contributed by atoms with Crippen molar-refractivity contribution in [2.75, 3.05) is 19.8 Å². The van der Waals surface area contributed by atoms with E-state index in [1.165, 1.54) is 0 Å². The summed E-state index contributed by atoms with van der Waals surface area (Å²) in [4.78, 5) is 37.0. The minimum Gasteiger partial charge on any atom is -0.492 e. The Labute approximate surface area is 186 Å². The van der Waals surface area contributed by atoms with Crippen molar-refractivity contribution in [1.82, 2.24) is 4.90 Å². The summed E-state index contributed by atoms with van der Waals surface area (Å²) in [6.07, 6.45) is 1.56. The summed E-state index contributed by atoms with van der Waals surface area (Å²) >= 11 is 12.8. The van der Waals surface area contributed by atoms with Gasteiger partial charge in [0, 0.05) is 5.02 Å². The molecule has 2 N–H and O–H groups in total. The van der Waals surface area contributed by atoms with Gasteiger partial charge in [-0.2, -0.15) is 0 Å². The minimum atomic E-state index is -0.621. The van der Waals surface area contributed by atoms with Crippen molar-refractivity contribution in [2.45, 2.75) is 0 Å². The fraction of sp³-hybridized carbons (Fsp3) is 0.150. The normalized spacial score (nSPS) is 15.0. The number of ether oxygens (including phenoxy) is 2. The highest BCUT2D eigenvalue weighted by Gasteiger charge is 2.34. The quantitative estimate of drug-likeness (QED) is 0.590. The number of halogens is 2. The Bertz CT molecular complexity index is 1010. The number of thioether (sulfide) groups is 1. The molecule has 3 rings (SSSR count). The molecule has 1 aliphatic heterocycles. The van der Waals surface area contributed by atoms with Crippen LogP contribution in [0.15, 0.2) is 47.4 Å². The number of benzene rings is 2. The Morgan fingerprint density at radius 1 is 1.10 bits per heavy atom. The van der Waals surface area contributed by atoms with Crippen molar-refractivity contribution in [3.63, 3.8) is 0 Å². The molecule has 0 unspecified atom stereocenters. The minimum absolute atomic E-state index is 0.116. The van der Waals surface area contributed by atoms with Crippen LogP contribution < -0.4 is 15.2 Å². The van der Waals surface area contributed by atoms with Gasteiger partial charge in [0.2, 0.25) is 0 Å². The standard InChI is InChI=1S/C20H16Cl2N2O5S/c21-13-2-4-14(5-3-13)28-8-7-24-19(26)17(30-20(24)27)10-12-1-6-16(15(22)9-12)29-11-18(23)25/h1-6,9-10H,7-8,11H2,(H2,23,25)/b17-10-. The molecule has 1 saturated heterocycles. The number of nitrogens with two attached hydrogens (primary N) is 1. The Hall–Kier alpha value is -2.68. The zero-order valence-corrected chi connectivity index (χ0v) is 17.8. The molecular weight excluding hydrogens is 451 g/mol. The lowest BCUT2D eigenvalue weighted by atomic mass is 10.2. The first kappa shape index (κ1) is 22.0. The van der Waals surface area contributed by atoms with E-state index in [9.17, 15) is 14.4 Å². The van der Waals surface area contributed by atoms with Gasteiger partial charge >= 0.3 is 0 Å². The topological polar surface area (TPSA) is 98.9 Å². The highest BCUT2D eigenvalue weighted by atomic mass is 35.5. The van der Waals surface area contributed by atoms with Gasteiger partial charge in [0.1, 0.15) is 18.1 Å². The number of nitrogens with zero attached hydrogens (tertiary/aromatic N) is 1. The number of amides is 3. The Morgan fingerprint density at radius 2 is 1.83 bits per heavy atom. The molecule has 10 heteroatoms. The highest BCUT2D eigenvalue weighted by Crippen LogP contribution is 2.33. The molecule has 0 aromatic heterocycles. The van der Waals surface area contributed by atoms with Gasteiger partial charge in [-0.15, -0.1) is 0 Å². The Kier molecular flexibility index (Phi) is 7.25. The number of rotatable bonds is 8. The molecule has 30 heavy (non-hydrogen) atoms. The maximum Gasteiger partial charge on any atom is 0.293 e. The second-order valence-corrected chi connectivity index (χ2v) is 7.92. The Morgan fingerprint density at radius 3 is 2.50 bits per heavy atom. The average Bonchev–Trinajstić information content (AvgIpc) is 2.96. The first-order valence-corrected chi connectivity index (χ1v) is 10.2. The zero-order chi connectivity index (χ0) is 21.7. The third kappa shape index (κ3) is 5.69. The number of hydrogen-bond donors (Lipinski definition) is 1. The van der Waals surface area contributed by atoms with E-state index < -0.39 is 11.8 Å². The smallest absolute Gasteiger partial charge is 0.293 e. The first-order valence-electron chi connectivity index (χ1n) is 8.68. The van der Waals surface area contributed by atoms with Gasteiger partial charge in [-0.05, 0) is 59.8 Å². The molecule has 2 aromatic rings. The molecule has 1 aliphatic rings. The van der Waals surface area contributed by atoms with Crippen LogP contribution in [0.1, 0.15) is 5.56 Å². The zero-order valence-electron chi connectivity index (χ0n) is 15.5. The molecular formula is C20H16Cl2N2O5S. The second kappa shape index (κ2) is 9.88. The van der Waals surface area contributed by atoms with Gasteiger partial charge in [0.05, 0.1) is 16.5 Å². The van der Waals surface area contributed by atoms with E-state index in [0.29, 0.717) is 22.1 Å². The maximum atomic E-state index is 12.6. The summed E-state index contributed by atoms with van der Waals surface area (Å²) in [5.74, 6) is -0.144. The van der Waals surface area contributed by atoms with Crippen molar-refractivity contribution >= 4 is 58.1 Å². The lowest BCUT2D eigenvalue weighted by Gasteiger charge is -2.13. The number of primary amides is 1. The van der Waals surface area contributed by atoms with E-state index in [1.54, 1.807) is 48.5 Å². The van der Waals surface area contributed by atoms with Crippen LogP contribution in [-0.2, 0) is 9.59 Å². The molecule has 0 radical (unpaired) electrons. The number of carbonyl (C=O) groups excluding carboxylic acids is 3. The van der Waals surface area contributed by atoms with Gasteiger partial charge < -0.3 is 15.2 Å². The molecule has 0 aliphatic carbocycles. The monoisotopic (exact) mass is 466 g/mol. The number of carbonyl (C=O) groups is 3. The molecule has 0 spiro atoms. The third-order valence-corrected chi connectivity index (χ3v) is 5.35. The lowest BCUT2D eigenvalue weighted by Crippen LogP contribution is -2.32.